The summed E-state index contributed by atoms with van der Waals surface area (Å²) in [6.07, 6.45) is 4.80. The number of aromatic nitrogens is 1. The molecular formula is C21H23F4N3. The Balaban J connectivity index is 1.85. The third kappa shape index (κ3) is 4.29. The van der Waals surface area contributed by atoms with Gasteiger partial charge in [-0.3, -0.25) is 4.98 Å². The fourth-order valence-corrected chi connectivity index (χ4v) is 3.27. The van der Waals surface area contributed by atoms with Crippen molar-refractivity contribution in [3.8, 4) is 11.1 Å². The number of rotatable bonds is 6. The van der Waals surface area contributed by atoms with E-state index in [-0.39, 0.29) is 16.7 Å². The summed E-state index contributed by atoms with van der Waals surface area (Å²) < 4.78 is 56.4. The molecule has 2 unspecified atom stereocenters. The largest absolute Gasteiger partial charge is 0.386 e. The van der Waals surface area contributed by atoms with E-state index in [1.54, 1.807) is 6.92 Å². The minimum absolute atomic E-state index is 0.0749. The third-order valence-corrected chi connectivity index (χ3v) is 4.93. The first kappa shape index (κ1) is 20.2. The Morgan fingerprint density at radius 3 is 2.64 bits per heavy atom. The van der Waals surface area contributed by atoms with Crippen molar-refractivity contribution in [2.45, 2.75) is 51.6 Å². The number of hydrogen-bond donors (Lipinski definition) is 2. The molecule has 28 heavy (non-hydrogen) atoms. The zero-order valence-corrected chi connectivity index (χ0v) is 16.0. The predicted octanol–water partition coefficient (Wildman–Crippen LogP) is 5.40. The van der Waals surface area contributed by atoms with Gasteiger partial charge in [0, 0.05) is 48.6 Å². The van der Waals surface area contributed by atoms with Crippen LogP contribution in [0.1, 0.15) is 50.9 Å². The maximum Gasteiger partial charge on any atom is 0.286 e. The van der Waals surface area contributed by atoms with Crippen LogP contribution in [0.15, 0.2) is 42.4 Å². The van der Waals surface area contributed by atoms with Gasteiger partial charge in [-0.25, -0.2) is 8.78 Å². The topological polar surface area (TPSA) is 37.0 Å². The summed E-state index contributed by atoms with van der Waals surface area (Å²) in [5, 5.41) is 6.43. The molecular weight excluding hydrogens is 370 g/mol. The summed E-state index contributed by atoms with van der Waals surface area (Å²) in [6.45, 7) is 4.53. The van der Waals surface area contributed by atoms with Crippen LogP contribution in [0.3, 0.4) is 0 Å². The van der Waals surface area contributed by atoms with Gasteiger partial charge in [0.25, 0.3) is 5.92 Å². The third-order valence-electron chi connectivity index (χ3n) is 4.93. The van der Waals surface area contributed by atoms with Gasteiger partial charge >= 0.3 is 0 Å². The molecule has 0 amide bonds. The van der Waals surface area contributed by atoms with Crippen molar-refractivity contribution in [1.82, 2.24) is 15.6 Å². The van der Waals surface area contributed by atoms with Gasteiger partial charge in [0.1, 0.15) is 17.3 Å². The maximum atomic E-state index is 14.7. The van der Waals surface area contributed by atoms with Crippen LogP contribution in [0.4, 0.5) is 17.6 Å². The van der Waals surface area contributed by atoms with Crippen molar-refractivity contribution in [3.63, 3.8) is 0 Å². The molecule has 0 saturated heterocycles. The van der Waals surface area contributed by atoms with Crippen molar-refractivity contribution in [2.24, 2.45) is 0 Å². The van der Waals surface area contributed by atoms with Gasteiger partial charge in [0.15, 0.2) is 0 Å². The summed E-state index contributed by atoms with van der Waals surface area (Å²) in [6, 6.07) is 4.53. The average molecular weight is 393 g/mol. The maximum absolute atomic E-state index is 14.7. The van der Waals surface area contributed by atoms with E-state index < -0.39 is 29.3 Å². The Kier molecular flexibility index (Phi) is 5.63. The van der Waals surface area contributed by atoms with Gasteiger partial charge in [0.2, 0.25) is 0 Å². The molecule has 0 aliphatic carbocycles. The SMILES string of the molecule is CCC1CC(NC(C)c2cc(F)c(-c3ccnc(C(C)(F)F)c3)cc2F)=CN1. The van der Waals surface area contributed by atoms with Crippen molar-refractivity contribution in [3.05, 3.63) is 65.3 Å². The molecule has 2 heterocycles. The van der Waals surface area contributed by atoms with E-state index >= 15 is 0 Å². The van der Waals surface area contributed by atoms with Crippen LogP contribution < -0.4 is 10.6 Å². The minimum atomic E-state index is -3.16. The van der Waals surface area contributed by atoms with Crippen LogP contribution in [0.5, 0.6) is 0 Å². The first-order valence-corrected chi connectivity index (χ1v) is 9.24. The molecule has 1 aliphatic heterocycles. The molecule has 2 atom stereocenters. The fraction of sp³-hybridized carbons (Fsp3) is 0.381. The Labute approximate surface area is 161 Å². The molecule has 0 radical (unpaired) electrons. The molecule has 2 N–H and O–H groups in total. The summed E-state index contributed by atoms with van der Waals surface area (Å²) in [4.78, 5) is 3.62. The number of benzene rings is 1. The number of pyridine rings is 1. The Morgan fingerprint density at radius 1 is 1.25 bits per heavy atom. The quantitative estimate of drug-likeness (QED) is 0.645. The highest BCUT2D eigenvalue weighted by Gasteiger charge is 2.27. The van der Waals surface area contributed by atoms with E-state index in [9.17, 15) is 17.6 Å². The number of nitrogens with one attached hydrogen (secondary N) is 2. The molecule has 7 heteroatoms. The number of hydrogen-bond acceptors (Lipinski definition) is 3. The molecule has 1 aromatic carbocycles. The molecule has 0 saturated carbocycles. The van der Waals surface area contributed by atoms with Crippen LogP contribution in [0.2, 0.25) is 0 Å². The van der Waals surface area contributed by atoms with E-state index in [0.717, 1.165) is 36.7 Å². The van der Waals surface area contributed by atoms with E-state index in [4.69, 9.17) is 0 Å². The van der Waals surface area contributed by atoms with E-state index in [0.29, 0.717) is 13.0 Å². The molecule has 0 spiro atoms. The highest BCUT2D eigenvalue weighted by atomic mass is 19.3. The lowest BCUT2D eigenvalue weighted by molar-refractivity contribution is 0.0128. The number of nitrogens with zero attached hydrogens (tertiary/aromatic N) is 1. The van der Waals surface area contributed by atoms with Gasteiger partial charge in [-0.2, -0.15) is 8.78 Å². The number of halogens is 4. The predicted molar refractivity (Wildman–Crippen MR) is 101 cm³/mol. The highest BCUT2D eigenvalue weighted by Crippen LogP contribution is 2.32. The molecule has 1 aliphatic rings. The Morgan fingerprint density at radius 2 is 2.00 bits per heavy atom. The normalized spacial score (nSPS) is 17.8. The fourth-order valence-electron chi connectivity index (χ4n) is 3.27. The van der Waals surface area contributed by atoms with Crippen molar-refractivity contribution < 1.29 is 17.6 Å². The minimum Gasteiger partial charge on any atom is -0.386 e. The lowest BCUT2D eigenvalue weighted by Gasteiger charge is -2.19. The van der Waals surface area contributed by atoms with Crippen molar-refractivity contribution in [1.29, 1.82) is 0 Å². The molecule has 150 valence electrons. The Bertz CT molecular complexity index is 890. The van der Waals surface area contributed by atoms with E-state index in [2.05, 4.69) is 22.5 Å². The molecule has 3 nitrogen and oxygen atoms in total. The first-order valence-electron chi connectivity index (χ1n) is 9.24. The van der Waals surface area contributed by atoms with Crippen LogP contribution >= 0.6 is 0 Å². The number of alkyl halides is 2. The van der Waals surface area contributed by atoms with Crippen LogP contribution in [0, 0.1) is 11.6 Å². The zero-order chi connectivity index (χ0) is 20.5. The first-order chi connectivity index (χ1) is 13.2. The zero-order valence-electron chi connectivity index (χ0n) is 16.0. The summed E-state index contributed by atoms with van der Waals surface area (Å²) in [5.41, 5.74) is 0.706. The summed E-state index contributed by atoms with van der Waals surface area (Å²) in [5.74, 6) is -4.44. The molecule has 2 aromatic rings. The highest BCUT2D eigenvalue weighted by molar-refractivity contribution is 5.65. The van der Waals surface area contributed by atoms with Crippen LogP contribution in [-0.4, -0.2) is 11.0 Å². The van der Waals surface area contributed by atoms with Gasteiger partial charge in [0.05, 0.1) is 6.04 Å². The average Bonchev–Trinajstić information content (AvgIpc) is 3.10. The van der Waals surface area contributed by atoms with Crippen LogP contribution in [-0.2, 0) is 5.92 Å². The van der Waals surface area contributed by atoms with Gasteiger partial charge in [-0.1, -0.05) is 6.92 Å². The monoisotopic (exact) mass is 393 g/mol. The molecule has 0 fully saturated rings. The standard InChI is InChI=1S/C21H23F4N3/c1-4-14-8-15(11-27-14)28-12(2)16-9-19(23)17(10-18(16)22)13-5-6-26-20(7-13)21(3,24)25/h5-7,9-12,14,27-28H,4,8H2,1-3H3. The van der Waals surface area contributed by atoms with E-state index in [1.165, 1.54) is 12.3 Å². The second-order valence-corrected chi connectivity index (χ2v) is 7.18. The Hall–Kier alpha value is -2.57. The second-order valence-electron chi connectivity index (χ2n) is 7.18. The van der Waals surface area contributed by atoms with Gasteiger partial charge < -0.3 is 10.6 Å². The molecule has 3 rings (SSSR count). The van der Waals surface area contributed by atoms with Gasteiger partial charge in [-0.05, 0) is 43.2 Å². The van der Waals surface area contributed by atoms with Gasteiger partial charge in [-0.15, -0.1) is 0 Å². The lowest BCUT2D eigenvalue weighted by atomic mass is 9.99. The molecule has 0 bridgehead atoms. The summed E-state index contributed by atoms with van der Waals surface area (Å²) >= 11 is 0. The van der Waals surface area contributed by atoms with Crippen molar-refractivity contribution >= 4 is 0 Å². The molecule has 1 aromatic heterocycles. The second kappa shape index (κ2) is 7.81. The smallest absolute Gasteiger partial charge is 0.286 e. The summed E-state index contributed by atoms with van der Waals surface area (Å²) in [7, 11) is 0. The van der Waals surface area contributed by atoms with E-state index in [1.807, 2.05) is 6.20 Å². The van der Waals surface area contributed by atoms with Crippen LogP contribution in [0.25, 0.3) is 11.1 Å². The lowest BCUT2D eigenvalue weighted by Crippen LogP contribution is -2.20. The van der Waals surface area contributed by atoms with Crippen molar-refractivity contribution in [2.75, 3.05) is 0 Å².